The molecule has 1 unspecified atom stereocenters. The third kappa shape index (κ3) is 2.80. The summed E-state index contributed by atoms with van der Waals surface area (Å²) in [4.78, 5) is 13.0. The van der Waals surface area contributed by atoms with Crippen LogP contribution in [0, 0.1) is 17.2 Å². The molecule has 1 saturated carbocycles. The van der Waals surface area contributed by atoms with Crippen LogP contribution in [0.4, 0.5) is 0 Å². The maximum Gasteiger partial charge on any atom is 0.253 e. The first-order valence-corrected chi connectivity index (χ1v) is 6.82. The summed E-state index contributed by atoms with van der Waals surface area (Å²) in [5, 5.41) is 11.8. The van der Waals surface area contributed by atoms with Crippen molar-refractivity contribution in [3.05, 3.63) is 29.8 Å². The van der Waals surface area contributed by atoms with E-state index in [2.05, 4.69) is 11.4 Å². The highest BCUT2D eigenvalue weighted by Gasteiger charge is 2.32. The Kier molecular flexibility index (Phi) is 3.70. The van der Waals surface area contributed by atoms with Crippen LogP contribution in [0.15, 0.2) is 29.2 Å². The van der Waals surface area contributed by atoms with Crippen molar-refractivity contribution >= 4 is 17.7 Å². The number of rotatable bonds is 4. The highest BCUT2D eigenvalue weighted by Crippen LogP contribution is 2.32. The van der Waals surface area contributed by atoms with E-state index in [-0.39, 0.29) is 11.9 Å². The van der Waals surface area contributed by atoms with Crippen molar-refractivity contribution in [2.75, 3.05) is 6.26 Å². The minimum absolute atomic E-state index is 0.145. The molecule has 2 rings (SSSR count). The Balaban J connectivity index is 2.11. The molecule has 1 aromatic rings. The second-order valence-electron chi connectivity index (χ2n) is 4.12. The smallest absolute Gasteiger partial charge is 0.253 e. The van der Waals surface area contributed by atoms with Crippen molar-refractivity contribution < 1.29 is 4.79 Å². The van der Waals surface area contributed by atoms with Crippen LogP contribution in [0.2, 0.25) is 0 Å². The van der Waals surface area contributed by atoms with E-state index in [9.17, 15) is 4.79 Å². The minimum Gasteiger partial charge on any atom is -0.336 e. The summed E-state index contributed by atoms with van der Waals surface area (Å²) >= 11 is 1.54. The molecule has 0 aliphatic heterocycles. The first-order chi connectivity index (χ1) is 8.26. The van der Waals surface area contributed by atoms with Crippen LogP contribution >= 0.6 is 11.8 Å². The minimum atomic E-state index is -0.336. The Morgan fingerprint density at radius 1 is 1.53 bits per heavy atom. The zero-order valence-electron chi connectivity index (χ0n) is 9.64. The second kappa shape index (κ2) is 5.24. The van der Waals surface area contributed by atoms with Gasteiger partial charge in [0, 0.05) is 4.90 Å². The molecule has 1 atom stereocenters. The van der Waals surface area contributed by atoms with Crippen LogP contribution < -0.4 is 5.32 Å². The van der Waals surface area contributed by atoms with Gasteiger partial charge in [-0.2, -0.15) is 5.26 Å². The van der Waals surface area contributed by atoms with Crippen LogP contribution in [-0.4, -0.2) is 18.2 Å². The molecule has 4 heteroatoms. The molecule has 0 saturated heterocycles. The number of amides is 1. The van der Waals surface area contributed by atoms with Gasteiger partial charge in [-0.1, -0.05) is 12.1 Å². The topological polar surface area (TPSA) is 52.9 Å². The van der Waals surface area contributed by atoms with Crippen molar-refractivity contribution in [2.24, 2.45) is 5.92 Å². The Bertz CT molecular complexity index is 463. The fourth-order valence-electron chi connectivity index (χ4n) is 1.74. The van der Waals surface area contributed by atoms with Gasteiger partial charge in [-0.15, -0.1) is 11.8 Å². The normalized spacial score (nSPS) is 16.0. The standard InChI is InChI=1S/C13H14N2OS/c1-17-12-5-3-2-4-10(12)13(16)15-11(8-14)9-6-7-9/h2-5,9,11H,6-7H2,1H3,(H,15,16). The van der Waals surface area contributed by atoms with Crippen molar-refractivity contribution in [1.82, 2.24) is 5.32 Å². The molecule has 0 spiro atoms. The van der Waals surface area contributed by atoms with Gasteiger partial charge in [0.05, 0.1) is 11.6 Å². The van der Waals surface area contributed by atoms with Gasteiger partial charge in [0.2, 0.25) is 0 Å². The molecule has 1 aliphatic rings. The van der Waals surface area contributed by atoms with Crippen LogP contribution in [0.1, 0.15) is 23.2 Å². The summed E-state index contributed by atoms with van der Waals surface area (Å²) in [6, 6.07) is 9.29. The Morgan fingerprint density at radius 2 is 2.24 bits per heavy atom. The molecule has 3 nitrogen and oxygen atoms in total. The molecule has 17 heavy (non-hydrogen) atoms. The van der Waals surface area contributed by atoms with Gasteiger partial charge in [-0.05, 0) is 37.1 Å². The third-order valence-corrected chi connectivity index (χ3v) is 3.67. The van der Waals surface area contributed by atoms with E-state index < -0.39 is 0 Å². The summed E-state index contributed by atoms with van der Waals surface area (Å²) in [5.41, 5.74) is 0.654. The highest BCUT2D eigenvalue weighted by atomic mass is 32.2. The van der Waals surface area contributed by atoms with E-state index in [0.717, 1.165) is 17.7 Å². The van der Waals surface area contributed by atoms with E-state index in [0.29, 0.717) is 11.5 Å². The van der Waals surface area contributed by atoms with Gasteiger partial charge in [-0.3, -0.25) is 4.79 Å². The zero-order valence-corrected chi connectivity index (χ0v) is 10.5. The van der Waals surface area contributed by atoms with Crippen molar-refractivity contribution in [3.63, 3.8) is 0 Å². The number of nitrogens with zero attached hydrogens (tertiary/aromatic N) is 1. The van der Waals surface area contributed by atoms with Gasteiger partial charge in [0.15, 0.2) is 0 Å². The fraction of sp³-hybridized carbons (Fsp3) is 0.385. The molecule has 1 fully saturated rings. The largest absolute Gasteiger partial charge is 0.336 e. The number of thioether (sulfide) groups is 1. The molecule has 1 amide bonds. The number of nitrogens with one attached hydrogen (secondary N) is 1. The lowest BCUT2D eigenvalue weighted by Gasteiger charge is -2.12. The third-order valence-electron chi connectivity index (χ3n) is 2.87. The van der Waals surface area contributed by atoms with Crippen molar-refractivity contribution in [1.29, 1.82) is 5.26 Å². The molecule has 0 heterocycles. The van der Waals surface area contributed by atoms with Crippen molar-refractivity contribution in [3.8, 4) is 6.07 Å². The van der Waals surface area contributed by atoms with E-state index >= 15 is 0 Å². The summed E-state index contributed by atoms with van der Waals surface area (Å²) in [6.45, 7) is 0. The first-order valence-electron chi connectivity index (χ1n) is 5.59. The molecule has 88 valence electrons. The number of benzene rings is 1. The van der Waals surface area contributed by atoms with E-state index in [1.54, 1.807) is 6.07 Å². The summed E-state index contributed by atoms with van der Waals surface area (Å²) in [5.74, 6) is 0.207. The van der Waals surface area contributed by atoms with Crippen molar-refractivity contribution in [2.45, 2.75) is 23.8 Å². The summed E-state index contributed by atoms with van der Waals surface area (Å²) < 4.78 is 0. The van der Waals surface area contributed by atoms with Crippen LogP contribution in [0.5, 0.6) is 0 Å². The predicted molar refractivity (Wildman–Crippen MR) is 67.8 cm³/mol. The number of nitriles is 1. The first kappa shape index (κ1) is 12.0. The molecule has 0 bridgehead atoms. The molecular formula is C13H14N2OS. The number of hydrogen-bond donors (Lipinski definition) is 1. The van der Waals surface area contributed by atoms with Crippen LogP contribution in [0.25, 0.3) is 0 Å². The van der Waals surface area contributed by atoms with Crippen LogP contribution in [-0.2, 0) is 0 Å². The predicted octanol–water partition coefficient (Wildman–Crippen LogP) is 2.44. The quantitative estimate of drug-likeness (QED) is 0.830. The van der Waals surface area contributed by atoms with Gasteiger partial charge in [0.25, 0.3) is 5.91 Å². The van der Waals surface area contributed by atoms with E-state index in [4.69, 9.17) is 5.26 Å². The van der Waals surface area contributed by atoms with E-state index in [1.165, 1.54) is 11.8 Å². The molecule has 1 aliphatic carbocycles. The van der Waals surface area contributed by atoms with Gasteiger partial charge in [0.1, 0.15) is 6.04 Å². The number of hydrogen-bond acceptors (Lipinski definition) is 3. The molecule has 1 N–H and O–H groups in total. The average Bonchev–Trinajstić information content (AvgIpc) is 3.19. The maximum absolute atomic E-state index is 12.1. The SMILES string of the molecule is CSc1ccccc1C(=O)NC(C#N)C1CC1. The Morgan fingerprint density at radius 3 is 2.82 bits per heavy atom. The zero-order chi connectivity index (χ0) is 12.3. The summed E-state index contributed by atoms with van der Waals surface area (Å²) in [7, 11) is 0. The molecule has 0 radical (unpaired) electrons. The lowest BCUT2D eigenvalue weighted by atomic mass is 10.1. The fourth-order valence-corrected chi connectivity index (χ4v) is 2.33. The highest BCUT2D eigenvalue weighted by molar-refractivity contribution is 7.98. The summed E-state index contributed by atoms with van der Waals surface area (Å²) in [6.07, 6.45) is 4.03. The maximum atomic E-state index is 12.1. The van der Waals surface area contributed by atoms with Gasteiger partial charge < -0.3 is 5.32 Å². The van der Waals surface area contributed by atoms with Gasteiger partial charge >= 0.3 is 0 Å². The number of carbonyl (C=O) groups is 1. The Labute approximate surface area is 105 Å². The molecule has 1 aromatic carbocycles. The Hall–Kier alpha value is -1.47. The monoisotopic (exact) mass is 246 g/mol. The van der Waals surface area contributed by atoms with E-state index in [1.807, 2.05) is 24.5 Å². The average molecular weight is 246 g/mol. The molecular weight excluding hydrogens is 232 g/mol. The van der Waals surface area contributed by atoms with Gasteiger partial charge in [-0.25, -0.2) is 0 Å². The lowest BCUT2D eigenvalue weighted by Crippen LogP contribution is -2.35. The second-order valence-corrected chi connectivity index (χ2v) is 4.97. The number of carbonyl (C=O) groups excluding carboxylic acids is 1. The molecule has 0 aromatic heterocycles. The van der Waals surface area contributed by atoms with Crippen LogP contribution in [0.3, 0.4) is 0 Å². The lowest BCUT2D eigenvalue weighted by molar-refractivity contribution is 0.0939.